The summed E-state index contributed by atoms with van der Waals surface area (Å²) in [6, 6.07) is 10.9. The molecule has 0 aromatic heterocycles. The Morgan fingerprint density at radius 3 is 2.39 bits per heavy atom. The molecule has 0 radical (unpaired) electrons. The van der Waals surface area contributed by atoms with Crippen LogP contribution in [0.4, 0.5) is 18.9 Å². The van der Waals surface area contributed by atoms with Crippen LogP contribution < -0.4 is 10.1 Å². The lowest BCUT2D eigenvalue weighted by atomic mass is 10.2. The van der Waals surface area contributed by atoms with Crippen molar-refractivity contribution in [2.75, 3.05) is 12.4 Å². The minimum absolute atomic E-state index is 0.160. The average molecular weight is 393 g/mol. The number of halogens is 3. The van der Waals surface area contributed by atoms with Gasteiger partial charge in [0.25, 0.3) is 5.91 Å². The van der Waals surface area contributed by atoms with Gasteiger partial charge in [-0.05, 0) is 55.0 Å². The summed E-state index contributed by atoms with van der Waals surface area (Å²) in [6.45, 7) is 1.36. The van der Waals surface area contributed by atoms with E-state index >= 15 is 0 Å². The van der Waals surface area contributed by atoms with E-state index in [2.05, 4.69) is 5.32 Å². The van der Waals surface area contributed by atoms with Gasteiger partial charge in [0.1, 0.15) is 5.75 Å². The molecule has 0 aliphatic heterocycles. The molecule has 1 unspecified atom stereocenters. The number of amides is 1. The molecule has 1 atom stereocenters. The van der Waals surface area contributed by atoms with Gasteiger partial charge in [-0.2, -0.15) is 13.2 Å². The summed E-state index contributed by atoms with van der Waals surface area (Å²) in [6.07, 6.45) is -2.92. The second-order valence-electron chi connectivity index (χ2n) is 5.75. The summed E-state index contributed by atoms with van der Waals surface area (Å²) in [4.78, 5) is 23.9. The number of nitrogens with one attached hydrogen (secondary N) is 1. The molecule has 5 nitrogen and oxygen atoms in total. The van der Waals surface area contributed by atoms with Crippen LogP contribution in [-0.4, -0.2) is 25.1 Å². The molecule has 8 heteroatoms. The van der Waals surface area contributed by atoms with Crippen LogP contribution in [0, 0.1) is 0 Å². The highest BCUT2D eigenvalue weighted by molar-refractivity contribution is 5.96. The van der Waals surface area contributed by atoms with Crippen molar-refractivity contribution < 1.29 is 32.2 Å². The molecule has 2 aromatic rings. The molecule has 0 fully saturated rings. The van der Waals surface area contributed by atoms with E-state index in [-0.39, 0.29) is 5.69 Å². The summed E-state index contributed by atoms with van der Waals surface area (Å²) in [5.74, 6) is -0.777. The van der Waals surface area contributed by atoms with E-state index in [4.69, 9.17) is 9.47 Å². The maximum Gasteiger partial charge on any atom is 0.416 e. The molecule has 2 rings (SSSR count). The number of esters is 1. The van der Waals surface area contributed by atoms with Crippen LogP contribution >= 0.6 is 0 Å². The van der Waals surface area contributed by atoms with E-state index in [1.807, 2.05) is 0 Å². The molecule has 0 heterocycles. The number of alkyl halides is 3. The zero-order valence-electron chi connectivity index (χ0n) is 15.1. The largest absolute Gasteiger partial charge is 0.497 e. The molecule has 0 spiro atoms. The molecule has 2 aromatic carbocycles. The highest BCUT2D eigenvalue weighted by atomic mass is 19.4. The number of methoxy groups -OCH3 is 1. The Balaban J connectivity index is 1.90. The zero-order valence-corrected chi connectivity index (χ0v) is 15.1. The van der Waals surface area contributed by atoms with Gasteiger partial charge in [0.2, 0.25) is 0 Å². The lowest BCUT2D eigenvalue weighted by Crippen LogP contribution is -2.29. The first-order valence-electron chi connectivity index (χ1n) is 8.20. The third-order valence-electron chi connectivity index (χ3n) is 3.65. The molecule has 0 saturated heterocycles. The van der Waals surface area contributed by atoms with Crippen molar-refractivity contribution >= 4 is 23.6 Å². The monoisotopic (exact) mass is 393 g/mol. The number of hydrogen-bond donors (Lipinski definition) is 1. The summed E-state index contributed by atoms with van der Waals surface area (Å²) in [5.41, 5.74) is 0.0404. The summed E-state index contributed by atoms with van der Waals surface area (Å²) in [7, 11) is 1.52. The predicted molar refractivity (Wildman–Crippen MR) is 97.7 cm³/mol. The third-order valence-corrected chi connectivity index (χ3v) is 3.65. The Morgan fingerprint density at radius 2 is 1.79 bits per heavy atom. The van der Waals surface area contributed by atoms with E-state index in [1.165, 1.54) is 20.1 Å². The number of ether oxygens (including phenoxy) is 2. The van der Waals surface area contributed by atoms with Gasteiger partial charge in [-0.1, -0.05) is 12.1 Å². The molecule has 148 valence electrons. The minimum Gasteiger partial charge on any atom is -0.497 e. The quantitative estimate of drug-likeness (QED) is 0.587. The Bertz CT molecular complexity index is 860. The van der Waals surface area contributed by atoms with Crippen molar-refractivity contribution in [2.45, 2.75) is 19.2 Å². The van der Waals surface area contributed by atoms with Crippen molar-refractivity contribution in [2.24, 2.45) is 0 Å². The van der Waals surface area contributed by atoms with Crippen molar-refractivity contribution in [3.63, 3.8) is 0 Å². The van der Waals surface area contributed by atoms with Gasteiger partial charge < -0.3 is 14.8 Å². The normalized spacial score (nSPS) is 12.5. The topological polar surface area (TPSA) is 64.6 Å². The van der Waals surface area contributed by atoms with Crippen molar-refractivity contribution in [1.29, 1.82) is 0 Å². The van der Waals surface area contributed by atoms with Crippen molar-refractivity contribution in [3.05, 3.63) is 65.7 Å². The molecule has 0 aliphatic rings. The zero-order chi connectivity index (χ0) is 20.7. The van der Waals surface area contributed by atoms with Gasteiger partial charge in [-0.25, -0.2) is 4.79 Å². The molecular weight excluding hydrogens is 375 g/mol. The fourth-order valence-corrected chi connectivity index (χ4v) is 2.16. The van der Waals surface area contributed by atoms with Gasteiger partial charge in [-0.15, -0.1) is 0 Å². The van der Waals surface area contributed by atoms with Crippen LogP contribution in [0.2, 0.25) is 0 Å². The number of anilines is 1. The number of carbonyl (C=O) groups excluding carboxylic acids is 2. The van der Waals surface area contributed by atoms with Gasteiger partial charge in [0.15, 0.2) is 6.10 Å². The second kappa shape index (κ2) is 9.07. The fraction of sp³-hybridized carbons (Fsp3) is 0.200. The lowest BCUT2D eigenvalue weighted by Gasteiger charge is -2.13. The van der Waals surface area contributed by atoms with Crippen LogP contribution in [0.25, 0.3) is 6.08 Å². The Labute approximate surface area is 159 Å². The van der Waals surface area contributed by atoms with Gasteiger partial charge in [-0.3, -0.25) is 4.79 Å². The summed E-state index contributed by atoms with van der Waals surface area (Å²) in [5, 5.41) is 2.39. The minimum atomic E-state index is -4.46. The molecule has 0 saturated carbocycles. The molecule has 1 amide bonds. The first-order valence-corrected chi connectivity index (χ1v) is 8.20. The molecule has 28 heavy (non-hydrogen) atoms. The molecule has 0 bridgehead atoms. The standard InChI is InChI=1S/C20H18F3NO4/c1-13(19(26)24-16-9-7-15(8-10-16)20(21,22)23)28-18(25)11-6-14-4-3-5-17(12-14)27-2/h3-13H,1-2H3,(H,24,26)/b11-6+. The van der Waals surface area contributed by atoms with E-state index < -0.39 is 29.7 Å². The molecular formula is C20H18F3NO4. The maximum atomic E-state index is 12.5. The van der Waals surface area contributed by atoms with Crippen molar-refractivity contribution in [1.82, 2.24) is 0 Å². The Morgan fingerprint density at radius 1 is 1.11 bits per heavy atom. The van der Waals surface area contributed by atoms with Crippen LogP contribution in [0.1, 0.15) is 18.1 Å². The first-order chi connectivity index (χ1) is 13.2. The van der Waals surface area contributed by atoms with E-state index in [9.17, 15) is 22.8 Å². The highest BCUT2D eigenvalue weighted by Crippen LogP contribution is 2.29. The summed E-state index contributed by atoms with van der Waals surface area (Å²) < 4.78 is 47.7. The number of benzene rings is 2. The van der Waals surface area contributed by atoms with Gasteiger partial charge in [0, 0.05) is 11.8 Å². The van der Waals surface area contributed by atoms with E-state index in [0.29, 0.717) is 11.3 Å². The van der Waals surface area contributed by atoms with E-state index in [1.54, 1.807) is 24.3 Å². The van der Waals surface area contributed by atoms with Crippen LogP contribution in [-0.2, 0) is 20.5 Å². The van der Waals surface area contributed by atoms with Crippen LogP contribution in [0.5, 0.6) is 5.75 Å². The van der Waals surface area contributed by atoms with E-state index in [0.717, 1.165) is 30.3 Å². The SMILES string of the molecule is COc1cccc(/C=C/C(=O)OC(C)C(=O)Nc2ccc(C(F)(F)F)cc2)c1. The smallest absolute Gasteiger partial charge is 0.416 e. The first kappa shape index (κ1) is 21.0. The summed E-state index contributed by atoms with van der Waals surface area (Å²) >= 11 is 0. The average Bonchev–Trinajstić information content (AvgIpc) is 2.66. The van der Waals surface area contributed by atoms with Crippen molar-refractivity contribution in [3.8, 4) is 5.75 Å². The number of rotatable bonds is 6. The lowest BCUT2D eigenvalue weighted by molar-refractivity contribution is -0.148. The third kappa shape index (κ3) is 6.15. The van der Waals surface area contributed by atoms with Crippen LogP contribution in [0.3, 0.4) is 0 Å². The van der Waals surface area contributed by atoms with Crippen LogP contribution in [0.15, 0.2) is 54.6 Å². The predicted octanol–water partition coefficient (Wildman–Crippen LogP) is 4.30. The number of hydrogen-bond acceptors (Lipinski definition) is 4. The second-order valence-corrected chi connectivity index (χ2v) is 5.75. The van der Waals surface area contributed by atoms with Gasteiger partial charge >= 0.3 is 12.1 Å². The molecule has 1 N–H and O–H groups in total. The number of carbonyl (C=O) groups is 2. The molecule has 0 aliphatic carbocycles. The Hall–Kier alpha value is -3.29. The van der Waals surface area contributed by atoms with Gasteiger partial charge in [0.05, 0.1) is 12.7 Å². The maximum absolute atomic E-state index is 12.5. The fourth-order valence-electron chi connectivity index (χ4n) is 2.16. The Kier molecular flexibility index (Phi) is 6.81. The highest BCUT2D eigenvalue weighted by Gasteiger charge is 2.30.